The summed E-state index contributed by atoms with van der Waals surface area (Å²) in [5.74, 6) is -0.467. The Morgan fingerprint density at radius 3 is 2.44 bits per heavy atom. The summed E-state index contributed by atoms with van der Waals surface area (Å²) in [5, 5.41) is 8.38. The van der Waals surface area contributed by atoms with Gasteiger partial charge in [-0.2, -0.15) is 5.10 Å². The second-order valence-corrected chi connectivity index (χ2v) is 8.21. The van der Waals surface area contributed by atoms with Crippen LogP contribution in [0.5, 0.6) is 0 Å². The number of pyridine rings is 1. The van der Waals surface area contributed by atoms with Crippen LogP contribution in [0.15, 0.2) is 91.1 Å². The Hall–Kier alpha value is -4.32. The smallest absolute Gasteiger partial charge is 0.252 e. The van der Waals surface area contributed by atoms with E-state index >= 15 is 0 Å². The van der Waals surface area contributed by atoms with Crippen LogP contribution in [0.3, 0.4) is 0 Å². The van der Waals surface area contributed by atoms with Crippen molar-refractivity contribution < 1.29 is 9.18 Å². The molecule has 6 heteroatoms. The Kier molecular flexibility index (Phi) is 5.64. The van der Waals surface area contributed by atoms with Crippen molar-refractivity contribution in [2.75, 3.05) is 0 Å². The van der Waals surface area contributed by atoms with Crippen molar-refractivity contribution in [2.24, 2.45) is 0 Å². The number of carbonyl (C=O) groups excluding carboxylic acids is 1. The van der Waals surface area contributed by atoms with Gasteiger partial charge in [0.05, 0.1) is 40.4 Å². The van der Waals surface area contributed by atoms with Crippen LogP contribution in [0, 0.1) is 12.7 Å². The number of amides is 1. The van der Waals surface area contributed by atoms with Gasteiger partial charge in [-0.3, -0.25) is 4.79 Å². The number of rotatable bonds is 5. The molecule has 34 heavy (non-hydrogen) atoms. The number of fused-ring (bicyclic) bond motifs is 1. The van der Waals surface area contributed by atoms with E-state index in [0.717, 1.165) is 33.4 Å². The van der Waals surface area contributed by atoms with E-state index in [2.05, 4.69) is 10.4 Å². The number of hydrogen-bond donors (Lipinski definition) is 1. The van der Waals surface area contributed by atoms with E-state index in [0.29, 0.717) is 11.3 Å². The van der Waals surface area contributed by atoms with Gasteiger partial charge in [0, 0.05) is 10.9 Å². The monoisotopic (exact) mass is 450 g/mol. The Balaban J connectivity index is 1.55. The maximum absolute atomic E-state index is 13.4. The summed E-state index contributed by atoms with van der Waals surface area (Å²) >= 11 is 0. The number of benzene rings is 3. The van der Waals surface area contributed by atoms with Crippen molar-refractivity contribution in [3.05, 3.63) is 114 Å². The number of carbonyl (C=O) groups is 1. The second kappa shape index (κ2) is 8.90. The van der Waals surface area contributed by atoms with E-state index < -0.39 is 0 Å². The minimum absolute atomic E-state index is 0.146. The topological polar surface area (TPSA) is 59.8 Å². The first-order chi connectivity index (χ1) is 16.5. The zero-order chi connectivity index (χ0) is 23.7. The molecule has 3 aromatic carbocycles. The highest BCUT2D eigenvalue weighted by molar-refractivity contribution is 6.07. The van der Waals surface area contributed by atoms with Crippen molar-refractivity contribution in [3.8, 4) is 16.9 Å². The molecule has 0 saturated carbocycles. The Morgan fingerprint density at radius 2 is 1.68 bits per heavy atom. The van der Waals surface area contributed by atoms with Gasteiger partial charge in [-0.15, -0.1) is 0 Å². The zero-order valence-electron chi connectivity index (χ0n) is 18.9. The highest BCUT2D eigenvalue weighted by atomic mass is 19.1. The molecule has 0 radical (unpaired) electrons. The molecule has 1 unspecified atom stereocenters. The summed E-state index contributed by atoms with van der Waals surface area (Å²) in [7, 11) is 0. The zero-order valence-corrected chi connectivity index (χ0v) is 18.9. The molecule has 1 amide bonds. The second-order valence-electron chi connectivity index (χ2n) is 8.21. The van der Waals surface area contributed by atoms with E-state index in [-0.39, 0.29) is 17.8 Å². The van der Waals surface area contributed by atoms with Gasteiger partial charge >= 0.3 is 0 Å². The fourth-order valence-corrected chi connectivity index (χ4v) is 4.10. The summed E-state index contributed by atoms with van der Waals surface area (Å²) in [6.07, 6.45) is 1.73. The van der Waals surface area contributed by atoms with Crippen LogP contribution in [0.2, 0.25) is 0 Å². The molecule has 5 nitrogen and oxygen atoms in total. The standard InChI is InChI=1S/C28H23FN4O/c1-18(20-8-4-3-5-9-20)31-28(34)24-16-27(32-26-11-7-6-10-23(24)26)25-17-30-33(19(25)2)22-14-12-21(29)13-15-22/h3-18H,1-2H3,(H,31,34). The van der Waals surface area contributed by atoms with Crippen molar-refractivity contribution in [1.29, 1.82) is 0 Å². The fourth-order valence-electron chi connectivity index (χ4n) is 4.10. The Bertz CT molecular complexity index is 1480. The summed E-state index contributed by atoms with van der Waals surface area (Å²) in [5.41, 5.74) is 5.37. The normalized spacial score (nSPS) is 12.0. The molecule has 5 aromatic rings. The molecular weight excluding hydrogens is 427 g/mol. The summed E-state index contributed by atoms with van der Waals surface area (Å²) < 4.78 is 15.1. The minimum Gasteiger partial charge on any atom is -0.345 e. The highest BCUT2D eigenvalue weighted by Gasteiger charge is 2.19. The molecule has 0 bridgehead atoms. The molecule has 1 atom stereocenters. The molecule has 0 aliphatic carbocycles. The first-order valence-electron chi connectivity index (χ1n) is 11.1. The lowest BCUT2D eigenvalue weighted by Crippen LogP contribution is -2.27. The van der Waals surface area contributed by atoms with Crippen LogP contribution in [-0.4, -0.2) is 20.7 Å². The molecule has 2 aromatic heterocycles. The van der Waals surface area contributed by atoms with E-state index in [1.165, 1.54) is 12.1 Å². The average Bonchev–Trinajstić information content (AvgIpc) is 3.25. The lowest BCUT2D eigenvalue weighted by atomic mass is 10.0. The van der Waals surface area contributed by atoms with Gasteiger partial charge in [-0.05, 0) is 55.8 Å². The van der Waals surface area contributed by atoms with E-state index in [4.69, 9.17) is 4.98 Å². The summed E-state index contributed by atoms with van der Waals surface area (Å²) in [4.78, 5) is 18.2. The van der Waals surface area contributed by atoms with Crippen molar-refractivity contribution in [1.82, 2.24) is 20.1 Å². The van der Waals surface area contributed by atoms with Crippen molar-refractivity contribution >= 4 is 16.8 Å². The van der Waals surface area contributed by atoms with Crippen molar-refractivity contribution in [2.45, 2.75) is 19.9 Å². The van der Waals surface area contributed by atoms with Gasteiger partial charge in [-0.1, -0.05) is 48.5 Å². The van der Waals surface area contributed by atoms with Crippen molar-refractivity contribution in [3.63, 3.8) is 0 Å². The van der Waals surface area contributed by atoms with Crippen LogP contribution < -0.4 is 5.32 Å². The van der Waals surface area contributed by atoms with Gasteiger partial charge < -0.3 is 5.32 Å². The van der Waals surface area contributed by atoms with Gasteiger partial charge in [0.2, 0.25) is 0 Å². The summed E-state index contributed by atoms with van der Waals surface area (Å²) in [6.45, 7) is 3.90. The number of nitrogens with zero attached hydrogens (tertiary/aromatic N) is 3. The highest BCUT2D eigenvalue weighted by Crippen LogP contribution is 2.28. The first kappa shape index (κ1) is 21.5. The number of halogens is 1. The average molecular weight is 451 g/mol. The van der Waals surface area contributed by atoms with Gasteiger partial charge in [0.25, 0.3) is 5.91 Å². The lowest BCUT2D eigenvalue weighted by Gasteiger charge is -2.16. The van der Waals surface area contributed by atoms with Crippen LogP contribution in [0.1, 0.15) is 34.6 Å². The SMILES string of the molecule is Cc1c(-c2cc(C(=O)NC(C)c3ccccc3)c3ccccc3n2)cnn1-c1ccc(F)cc1. The number of hydrogen-bond acceptors (Lipinski definition) is 3. The Morgan fingerprint density at radius 1 is 0.971 bits per heavy atom. The Labute approximate surface area is 196 Å². The molecule has 0 fully saturated rings. The van der Waals surface area contributed by atoms with Gasteiger partial charge in [0.1, 0.15) is 5.82 Å². The lowest BCUT2D eigenvalue weighted by molar-refractivity contribution is 0.0941. The third kappa shape index (κ3) is 4.06. The molecule has 5 rings (SSSR count). The maximum Gasteiger partial charge on any atom is 0.252 e. The van der Waals surface area contributed by atoms with Crippen LogP contribution in [0.25, 0.3) is 27.8 Å². The minimum atomic E-state index is -0.301. The number of aromatic nitrogens is 3. The first-order valence-corrected chi connectivity index (χ1v) is 11.1. The maximum atomic E-state index is 13.4. The predicted octanol–water partition coefficient (Wildman–Crippen LogP) is 6.03. The number of para-hydroxylation sites is 1. The number of nitrogens with one attached hydrogen (secondary N) is 1. The van der Waals surface area contributed by atoms with Gasteiger partial charge in [0.15, 0.2) is 0 Å². The quantitative estimate of drug-likeness (QED) is 0.356. The van der Waals surface area contributed by atoms with Crippen LogP contribution >= 0.6 is 0 Å². The fraction of sp³-hybridized carbons (Fsp3) is 0.107. The third-order valence-electron chi connectivity index (χ3n) is 5.96. The van der Waals surface area contributed by atoms with E-state index in [9.17, 15) is 9.18 Å². The van der Waals surface area contributed by atoms with E-state index in [1.54, 1.807) is 23.0 Å². The molecule has 1 N–H and O–H groups in total. The van der Waals surface area contributed by atoms with Crippen LogP contribution in [0.4, 0.5) is 4.39 Å². The van der Waals surface area contributed by atoms with Gasteiger partial charge in [-0.25, -0.2) is 14.1 Å². The third-order valence-corrected chi connectivity index (χ3v) is 5.96. The predicted molar refractivity (Wildman–Crippen MR) is 131 cm³/mol. The molecule has 0 saturated heterocycles. The van der Waals surface area contributed by atoms with Crippen LogP contribution in [-0.2, 0) is 0 Å². The largest absolute Gasteiger partial charge is 0.345 e. The molecule has 0 aliphatic rings. The molecule has 0 spiro atoms. The molecular formula is C28H23FN4O. The van der Waals surface area contributed by atoms with E-state index in [1.807, 2.05) is 74.5 Å². The summed E-state index contributed by atoms with van der Waals surface area (Å²) in [6, 6.07) is 25.3. The molecule has 2 heterocycles. The molecule has 0 aliphatic heterocycles. The molecule has 168 valence electrons.